The van der Waals surface area contributed by atoms with Gasteiger partial charge in [-0.05, 0) is 36.7 Å². The fraction of sp³-hybridized carbons (Fsp3) is 0.556. The number of aryl methyl sites for hydroxylation is 1. The second kappa shape index (κ2) is 4.77. The van der Waals surface area contributed by atoms with Crippen LogP contribution in [-0.4, -0.2) is 35.7 Å². The molecule has 0 N–H and O–H groups in total. The van der Waals surface area contributed by atoms with Gasteiger partial charge in [0, 0.05) is 0 Å². The van der Waals surface area contributed by atoms with E-state index in [0.717, 1.165) is 10.2 Å². The van der Waals surface area contributed by atoms with E-state index < -0.39 is 16.0 Å². The van der Waals surface area contributed by atoms with E-state index in [4.69, 9.17) is 4.74 Å². The molecule has 1 aromatic rings. The molecule has 0 bridgehead atoms. The molecule has 0 saturated carbocycles. The molecule has 0 amide bonds. The highest BCUT2D eigenvalue weighted by Gasteiger charge is 2.26. The Bertz CT molecular complexity index is 548. The maximum Gasteiger partial charge on any atom is 0.358 e. The van der Waals surface area contributed by atoms with Gasteiger partial charge >= 0.3 is 5.97 Å². The molecule has 0 saturated heterocycles. The summed E-state index contributed by atoms with van der Waals surface area (Å²) in [5.74, 6) is -0.707. The Morgan fingerprint density at radius 1 is 1.47 bits per heavy atom. The van der Waals surface area contributed by atoms with E-state index >= 15 is 0 Å². The number of hydrogen-bond acceptors (Lipinski definition) is 5. The summed E-state index contributed by atoms with van der Waals surface area (Å²) in [5, 5.41) is 0. The van der Waals surface area contributed by atoms with Gasteiger partial charge in [-0.15, -0.1) is 0 Å². The monoisotopic (exact) mass is 324 g/mol. The van der Waals surface area contributed by atoms with Crippen LogP contribution in [-0.2, 0) is 14.8 Å². The molecule has 0 radical (unpaired) electrons. The van der Waals surface area contributed by atoms with Crippen LogP contribution >= 0.6 is 15.9 Å². The number of esters is 1. The first-order valence-corrected chi connectivity index (χ1v) is 7.45. The molecule has 0 aromatic carbocycles. The lowest BCUT2D eigenvalue weighted by atomic mass is 10.3. The molecule has 17 heavy (non-hydrogen) atoms. The average Bonchev–Trinajstić information content (AvgIpc) is 2.38. The molecule has 1 rings (SSSR count). The van der Waals surface area contributed by atoms with E-state index in [1.165, 1.54) is 0 Å². The van der Waals surface area contributed by atoms with Gasteiger partial charge in [0.1, 0.15) is 0 Å². The molecule has 1 aromatic heterocycles. The van der Waals surface area contributed by atoms with Crippen molar-refractivity contribution in [1.29, 1.82) is 0 Å². The zero-order chi connectivity index (χ0) is 13.4. The summed E-state index contributed by atoms with van der Waals surface area (Å²) in [6.07, 6.45) is 0.661. The van der Waals surface area contributed by atoms with Crippen LogP contribution in [0.15, 0.2) is 4.73 Å². The molecule has 8 heteroatoms. The van der Waals surface area contributed by atoms with Gasteiger partial charge in [-0.25, -0.2) is 22.2 Å². The molecular weight excluding hydrogens is 312 g/mol. The Labute approximate surface area is 108 Å². The van der Waals surface area contributed by atoms with Crippen molar-refractivity contribution < 1.29 is 17.9 Å². The largest absolute Gasteiger partial charge is 0.458 e. The molecule has 0 fully saturated rings. The van der Waals surface area contributed by atoms with Crippen molar-refractivity contribution in [2.45, 2.75) is 26.9 Å². The maximum atomic E-state index is 11.8. The van der Waals surface area contributed by atoms with Crippen LogP contribution in [0.2, 0.25) is 0 Å². The number of carbonyl (C=O) groups is 1. The molecule has 1 heterocycles. The first-order chi connectivity index (χ1) is 7.64. The molecule has 0 spiro atoms. The number of nitrogens with zero attached hydrogens (tertiary/aromatic N) is 2. The highest BCUT2D eigenvalue weighted by Crippen LogP contribution is 2.20. The van der Waals surface area contributed by atoms with Gasteiger partial charge in [0.15, 0.2) is 10.4 Å². The lowest BCUT2D eigenvalue weighted by Gasteiger charge is -2.10. The average molecular weight is 325 g/mol. The third-order valence-corrected chi connectivity index (χ3v) is 3.63. The molecule has 0 atom stereocenters. The van der Waals surface area contributed by atoms with Crippen LogP contribution in [0, 0.1) is 6.92 Å². The van der Waals surface area contributed by atoms with Crippen LogP contribution in [0.25, 0.3) is 0 Å². The van der Waals surface area contributed by atoms with Crippen LogP contribution < -0.4 is 0 Å². The van der Waals surface area contributed by atoms with Crippen molar-refractivity contribution in [3.63, 3.8) is 0 Å². The van der Waals surface area contributed by atoms with Crippen LogP contribution in [0.4, 0.5) is 0 Å². The van der Waals surface area contributed by atoms with Crippen molar-refractivity contribution in [2.24, 2.45) is 0 Å². The summed E-state index contributed by atoms with van der Waals surface area (Å²) in [5.41, 5.74) is 0.223. The molecule has 0 unspecified atom stereocenters. The van der Waals surface area contributed by atoms with E-state index in [-0.39, 0.29) is 16.5 Å². The van der Waals surface area contributed by atoms with E-state index in [9.17, 15) is 13.2 Å². The summed E-state index contributed by atoms with van der Waals surface area (Å²) >= 11 is 3.00. The van der Waals surface area contributed by atoms with E-state index in [1.54, 1.807) is 20.8 Å². The SMILES string of the molecule is Cc1nc(Br)n(S(C)(=O)=O)c1C(=O)OC(C)C. The minimum absolute atomic E-state index is 0.0632. The van der Waals surface area contributed by atoms with Gasteiger partial charge in [-0.2, -0.15) is 0 Å². The first kappa shape index (κ1) is 14.2. The third-order valence-electron chi connectivity index (χ3n) is 1.84. The van der Waals surface area contributed by atoms with Crippen LogP contribution in [0.5, 0.6) is 0 Å². The van der Waals surface area contributed by atoms with Crippen molar-refractivity contribution in [3.8, 4) is 0 Å². The zero-order valence-electron chi connectivity index (χ0n) is 9.89. The van der Waals surface area contributed by atoms with Gasteiger partial charge in [0.05, 0.1) is 18.1 Å². The molecule has 0 aliphatic rings. The van der Waals surface area contributed by atoms with Gasteiger partial charge in [-0.3, -0.25) is 0 Å². The van der Waals surface area contributed by atoms with E-state index in [1.807, 2.05) is 0 Å². The number of carbonyl (C=O) groups excluding carboxylic acids is 1. The smallest absolute Gasteiger partial charge is 0.358 e. The Balaban J connectivity index is 3.38. The summed E-state index contributed by atoms with van der Waals surface area (Å²) < 4.78 is 29.0. The molecule has 0 aliphatic heterocycles. The first-order valence-electron chi connectivity index (χ1n) is 4.81. The summed E-state index contributed by atoms with van der Waals surface area (Å²) in [6.45, 7) is 4.91. The lowest BCUT2D eigenvalue weighted by Crippen LogP contribution is -2.21. The summed E-state index contributed by atoms with van der Waals surface area (Å²) in [7, 11) is -3.62. The standard InChI is InChI=1S/C9H13BrN2O4S/c1-5(2)16-8(13)7-6(3)11-9(10)12(7)17(4,14)15/h5H,1-4H3. The van der Waals surface area contributed by atoms with Crippen molar-refractivity contribution in [2.75, 3.05) is 6.26 Å². The van der Waals surface area contributed by atoms with Crippen molar-refractivity contribution >= 4 is 31.9 Å². The topological polar surface area (TPSA) is 78.3 Å². The molecule has 96 valence electrons. The van der Waals surface area contributed by atoms with Gasteiger partial charge in [0.25, 0.3) is 0 Å². The molecule has 6 nitrogen and oxygen atoms in total. The second-order valence-electron chi connectivity index (χ2n) is 3.80. The quantitative estimate of drug-likeness (QED) is 0.784. The Hall–Kier alpha value is -0.890. The van der Waals surface area contributed by atoms with Gasteiger partial charge < -0.3 is 4.74 Å². The summed E-state index contributed by atoms with van der Waals surface area (Å²) in [6, 6.07) is 0. The maximum absolute atomic E-state index is 11.8. The van der Waals surface area contributed by atoms with Crippen LogP contribution in [0.3, 0.4) is 0 Å². The van der Waals surface area contributed by atoms with E-state index in [0.29, 0.717) is 5.69 Å². The predicted octanol–water partition coefficient (Wildman–Crippen LogP) is 1.33. The second-order valence-corrected chi connectivity index (χ2v) is 6.34. The Kier molecular flexibility index (Phi) is 3.98. The molecular formula is C9H13BrN2O4S. The number of aromatic nitrogens is 2. The Morgan fingerprint density at radius 3 is 2.41 bits per heavy atom. The van der Waals surface area contributed by atoms with E-state index in [2.05, 4.69) is 20.9 Å². The number of hydrogen-bond donors (Lipinski definition) is 0. The zero-order valence-corrected chi connectivity index (χ0v) is 12.3. The van der Waals surface area contributed by atoms with Crippen molar-refractivity contribution in [1.82, 2.24) is 8.96 Å². The number of imidazole rings is 1. The van der Waals surface area contributed by atoms with Crippen LogP contribution in [0.1, 0.15) is 30.0 Å². The number of ether oxygens (including phenoxy) is 1. The lowest BCUT2D eigenvalue weighted by molar-refractivity contribution is 0.0368. The highest BCUT2D eigenvalue weighted by atomic mass is 79.9. The minimum atomic E-state index is -3.62. The normalized spacial score (nSPS) is 11.9. The van der Waals surface area contributed by atoms with Gasteiger partial charge in [0.2, 0.25) is 10.0 Å². The fourth-order valence-electron chi connectivity index (χ4n) is 1.28. The highest BCUT2D eigenvalue weighted by molar-refractivity contribution is 9.10. The van der Waals surface area contributed by atoms with Gasteiger partial charge in [-0.1, -0.05) is 0 Å². The molecule has 0 aliphatic carbocycles. The van der Waals surface area contributed by atoms with Crippen molar-refractivity contribution in [3.05, 3.63) is 16.1 Å². The predicted molar refractivity (Wildman–Crippen MR) is 65.5 cm³/mol. The fourth-order valence-corrected chi connectivity index (χ4v) is 3.36. The Morgan fingerprint density at radius 2 is 2.00 bits per heavy atom. The number of rotatable bonds is 3. The minimum Gasteiger partial charge on any atom is -0.458 e. The summed E-state index contributed by atoms with van der Waals surface area (Å²) in [4.78, 5) is 15.7. The number of halogens is 1. The third kappa shape index (κ3) is 3.06.